The number of fused-ring (bicyclic) bond motifs is 3. The Morgan fingerprint density at radius 3 is 2.67 bits per heavy atom. The molecule has 212 valence electrons. The van der Waals surface area contributed by atoms with E-state index in [4.69, 9.17) is 9.72 Å². The van der Waals surface area contributed by atoms with Gasteiger partial charge in [0.2, 0.25) is 11.7 Å². The van der Waals surface area contributed by atoms with Crippen LogP contribution in [0.3, 0.4) is 0 Å². The van der Waals surface area contributed by atoms with Crippen molar-refractivity contribution in [3.63, 3.8) is 0 Å². The van der Waals surface area contributed by atoms with Crippen molar-refractivity contribution >= 4 is 28.6 Å². The van der Waals surface area contributed by atoms with E-state index in [-0.39, 0.29) is 23.2 Å². The molecule has 2 aromatic heterocycles. The van der Waals surface area contributed by atoms with Crippen LogP contribution in [0.4, 0.5) is 24.5 Å². The average Bonchev–Trinajstić information content (AvgIpc) is 3.53. The van der Waals surface area contributed by atoms with Crippen molar-refractivity contribution in [3.8, 4) is 0 Å². The Kier molecular flexibility index (Phi) is 6.65. The predicted octanol–water partition coefficient (Wildman–Crippen LogP) is 3.12. The van der Waals surface area contributed by atoms with Crippen LogP contribution in [0, 0.1) is 6.92 Å². The zero-order chi connectivity index (χ0) is 28.2. The lowest BCUT2D eigenvalue weighted by Gasteiger charge is -2.31. The van der Waals surface area contributed by atoms with E-state index in [2.05, 4.69) is 15.7 Å². The standard InChI is InChI=1S/C27H30F3N7O3/c1-15-13-18(27(28,29)30)3-4-19(15)32-24(38)20-14-16(2)21-22(35-9-7-31-8-10-35)25(39)37-26(36(20)21)33-23(34-37)17-5-11-40-12-6-17/h3-5,13,16,20,31H,6-12,14H2,1-2H3,(H,32,38)/t16-,20-/m1/s1. The van der Waals surface area contributed by atoms with Gasteiger partial charge in [-0.3, -0.25) is 14.2 Å². The van der Waals surface area contributed by atoms with Crippen molar-refractivity contribution in [1.82, 2.24) is 24.5 Å². The first-order valence-electron chi connectivity index (χ1n) is 13.4. The van der Waals surface area contributed by atoms with Crippen molar-refractivity contribution in [2.24, 2.45) is 0 Å². The number of benzene rings is 1. The molecule has 5 heterocycles. The largest absolute Gasteiger partial charge is 0.416 e. The summed E-state index contributed by atoms with van der Waals surface area (Å²) in [5.74, 6) is 0.161. The fourth-order valence-electron chi connectivity index (χ4n) is 5.83. The molecule has 13 heteroatoms. The van der Waals surface area contributed by atoms with Gasteiger partial charge in [-0.15, -0.1) is 5.10 Å². The molecular weight excluding hydrogens is 527 g/mol. The third-order valence-electron chi connectivity index (χ3n) is 7.86. The van der Waals surface area contributed by atoms with Crippen molar-refractivity contribution in [2.75, 3.05) is 49.6 Å². The summed E-state index contributed by atoms with van der Waals surface area (Å²) >= 11 is 0. The molecule has 1 aromatic carbocycles. The summed E-state index contributed by atoms with van der Waals surface area (Å²) in [6.07, 6.45) is -1.57. The van der Waals surface area contributed by atoms with Crippen LogP contribution in [-0.2, 0) is 15.7 Å². The van der Waals surface area contributed by atoms with Gasteiger partial charge in [0, 0.05) is 37.8 Å². The lowest BCUT2D eigenvalue weighted by atomic mass is 10.0. The van der Waals surface area contributed by atoms with E-state index in [0.29, 0.717) is 61.9 Å². The minimum absolute atomic E-state index is 0.144. The topological polar surface area (TPSA) is 106 Å². The number of nitrogens with one attached hydrogen (secondary N) is 2. The number of piperazine rings is 1. The van der Waals surface area contributed by atoms with Crippen molar-refractivity contribution in [2.45, 2.75) is 44.8 Å². The Morgan fingerprint density at radius 1 is 1.23 bits per heavy atom. The summed E-state index contributed by atoms with van der Waals surface area (Å²) in [4.78, 5) is 34.4. The molecule has 0 bridgehead atoms. The maximum atomic E-state index is 13.9. The molecule has 40 heavy (non-hydrogen) atoms. The summed E-state index contributed by atoms with van der Waals surface area (Å²) in [5.41, 5.74) is 1.66. The third-order valence-corrected chi connectivity index (χ3v) is 7.86. The van der Waals surface area contributed by atoms with Crippen LogP contribution in [0.1, 0.15) is 54.4 Å². The predicted molar refractivity (Wildman–Crippen MR) is 143 cm³/mol. The number of amides is 1. The second-order valence-corrected chi connectivity index (χ2v) is 10.5. The molecule has 3 aromatic rings. The average molecular weight is 558 g/mol. The first-order valence-corrected chi connectivity index (χ1v) is 13.4. The number of carbonyl (C=O) groups is 1. The molecule has 1 amide bonds. The lowest BCUT2D eigenvalue weighted by Crippen LogP contribution is -2.46. The van der Waals surface area contributed by atoms with Crippen LogP contribution in [0.15, 0.2) is 29.1 Å². The van der Waals surface area contributed by atoms with Gasteiger partial charge in [0.05, 0.1) is 24.5 Å². The number of hydrogen-bond donors (Lipinski definition) is 2. The maximum absolute atomic E-state index is 13.9. The fourth-order valence-corrected chi connectivity index (χ4v) is 5.83. The van der Waals surface area contributed by atoms with Crippen molar-refractivity contribution in [1.29, 1.82) is 0 Å². The molecule has 3 aliphatic heterocycles. The van der Waals surface area contributed by atoms with Gasteiger partial charge < -0.3 is 20.3 Å². The normalized spacial score (nSPS) is 21.4. The Labute approximate surface area is 227 Å². The number of alkyl halides is 3. The van der Waals surface area contributed by atoms with Gasteiger partial charge in [0.25, 0.3) is 5.56 Å². The quantitative estimate of drug-likeness (QED) is 0.508. The minimum atomic E-state index is -4.48. The highest BCUT2D eigenvalue weighted by Crippen LogP contribution is 2.42. The Hall–Kier alpha value is -3.71. The molecule has 2 N–H and O–H groups in total. The summed E-state index contributed by atoms with van der Waals surface area (Å²) in [7, 11) is 0. The van der Waals surface area contributed by atoms with Crippen LogP contribution in [-0.4, -0.2) is 64.5 Å². The number of aromatic nitrogens is 4. The number of anilines is 2. The van der Waals surface area contributed by atoms with E-state index < -0.39 is 17.8 Å². The number of ether oxygens (including phenoxy) is 1. The number of halogens is 3. The SMILES string of the molecule is Cc1cc(C(F)(F)F)ccc1NC(=O)[C@H]1C[C@@H](C)c2c(N3CCNCC3)c(=O)n3nc(C4=CCOCC4)nc3n21. The van der Waals surface area contributed by atoms with E-state index in [9.17, 15) is 22.8 Å². The van der Waals surface area contributed by atoms with E-state index in [1.807, 2.05) is 17.9 Å². The second-order valence-electron chi connectivity index (χ2n) is 10.5. The molecule has 0 saturated carbocycles. The van der Waals surface area contributed by atoms with Crippen LogP contribution < -0.4 is 21.1 Å². The van der Waals surface area contributed by atoms with Gasteiger partial charge in [0.1, 0.15) is 11.7 Å². The Balaban J connectivity index is 1.46. The fraction of sp³-hybridized carbons (Fsp3) is 0.481. The van der Waals surface area contributed by atoms with Crippen molar-refractivity contribution < 1.29 is 22.7 Å². The monoisotopic (exact) mass is 557 g/mol. The second kappa shape index (κ2) is 10.0. The number of carbonyl (C=O) groups excluding carboxylic acids is 1. The first kappa shape index (κ1) is 26.5. The highest BCUT2D eigenvalue weighted by molar-refractivity contribution is 5.95. The summed E-state index contributed by atoms with van der Waals surface area (Å²) in [6, 6.07) is 2.51. The number of nitrogens with zero attached hydrogens (tertiary/aromatic N) is 5. The summed E-state index contributed by atoms with van der Waals surface area (Å²) in [5, 5.41) is 10.7. The van der Waals surface area contributed by atoms with Crippen LogP contribution in [0.5, 0.6) is 0 Å². The smallest absolute Gasteiger partial charge is 0.377 e. The van der Waals surface area contributed by atoms with E-state index in [1.165, 1.54) is 17.5 Å². The summed E-state index contributed by atoms with van der Waals surface area (Å²) < 4.78 is 48.0. The Bertz CT molecular complexity index is 1570. The number of aryl methyl sites for hydroxylation is 1. The molecule has 0 spiro atoms. The zero-order valence-electron chi connectivity index (χ0n) is 22.2. The Morgan fingerprint density at radius 2 is 2.00 bits per heavy atom. The molecule has 2 atom stereocenters. The maximum Gasteiger partial charge on any atom is 0.416 e. The van der Waals surface area contributed by atoms with Gasteiger partial charge in [-0.05, 0) is 49.1 Å². The first-order chi connectivity index (χ1) is 19.1. The van der Waals surface area contributed by atoms with Gasteiger partial charge in [-0.2, -0.15) is 22.7 Å². The van der Waals surface area contributed by atoms with E-state index in [1.54, 1.807) is 4.57 Å². The van der Waals surface area contributed by atoms with Gasteiger partial charge >= 0.3 is 6.18 Å². The molecule has 0 unspecified atom stereocenters. The molecule has 0 aliphatic carbocycles. The molecular formula is C27H30F3N7O3. The molecule has 1 saturated heterocycles. The van der Waals surface area contributed by atoms with Crippen LogP contribution in [0.2, 0.25) is 0 Å². The third kappa shape index (κ3) is 4.56. The lowest BCUT2D eigenvalue weighted by molar-refractivity contribution is -0.137. The van der Waals surface area contributed by atoms with Crippen LogP contribution in [0.25, 0.3) is 11.4 Å². The zero-order valence-corrected chi connectivity index (χ0v) is 22.2. The number of rotatable bonds is 4. The molecule has 10 nitrogen and oxygen atoms in total. The molecule has 1 fully saturated rings. The summed E-state index contributed by atoms with van der Waals surface area (Å²) in [6.45, 7) is 7.16. The van der Waals surface area contributed by atoms with E-state index >= 15 is 0 Å². The van der Waals surface area contributed by atoms with Crippen molar-refractivity contribution in [3.05, 3.63) is 57.3 Å². The minimum Gasteiger partial charge on any atom is -0.377 e. The van der Waals surface area contributed by atoms with Gasteiger partial charge in [-0.25, -0.2) is 0 Å². The van der Waals surface area contributed by atoms with Crippen LogP contribution >= 0.6 is 0 Å². The highest BCUT2D eigenvalue weighted by atomic mass is 19.4. The van der Waals surface area contributed by atoms with Gasteiger partial charge in [0.15, 0.2) is 5.82 Å². The number of hydrogen-bond acceptors (Lipinski definition) is 7. The molecule has 3 aliphatic rings. The molecule has 0 radical (unpaired) electrons. The highest BCUT2D eigenvalue weighted by Gasteiger charge is 2.40. The van der Waals surface area contributed by atoms with Gasteiger partial charge in [-0.1, -0.05) is 13.0 Å². The molecule has 6 rings (SSSR count). The van der Waals surface area contributed by atoms with E-state index in [0.717, 1.165) is 36.5 Å².